The van der Waals surface area contributed by atoms with Crippen molar-refractivity contribution in [1.29, 1.82) is 0 Å². The molecule has 0 fully saturated rings. The van der Waals surface area contributed by atoms with Gasteiger partial charge in [0.1, 0.15) is 0 Å². The number of rotatable bonds is 5. The predicted octanol–water partition coefficient (Wildman–Crippen LogP) is 3.17. The highest BCUT2D eigenvalue weighted by molar-refractivity contribution is 6.46. The van der Waals surface area contributed by atoms with Crippen LogP contribution in [0.1, 0.15) is 39.0 Å². The Morgan fingerprint density at radius 2 is 1.81 bits per heavy atom. The number of anilines is 1. The van der Waals surface area contributed by atoms with Gasteiger partial charge >= 0.3 is 0 Å². The normalized spacial score (nSPS) is 17.7. The van der Waals surface area contributed by atoms with Crippen molar-refractivity contribution in [2.75, 3.05) is 11.9 Å². The second-order valence-corrected chi connectivity index (χ2v) is 7.65. The van der Waals surface area contributed by atoms with E-state index in [-0.39, 0.29) is 34.8 Å². The molecule has 0 saturated carbocycles. The van der Waals surface area contributed by atoms with Crippen molar-refractivity contribution in [3.8, 4) is 0 Å². The second kappa shape index (κ2) is 8.45. The molecule has 7 nitrogen and oxygen atoms in total. The summed E-state index contributed by atoms with van der Waals surface area (Å²) in [6, 6.07) is 2.69. The minimum Gasteiger partial charge on any atom is -0.344 e. The number of aliphatic imine (C=N–C) groups is 1. The number of nitrogens with one attached hydrogen (secondary N) is 2. The number of allylic oxidation sites excluding steroid dienone is 1. The Labute approximate surface area is 182 Å². The lowest BCUT2D eigenvalue weighted by Crippen LogP contribution is -2.31. The number of hydrogen-bond donors (Lipinski definition) is 2. The van der Waals surface area contributed by atoms with Crippen LogP contribution < -0.4 is 10.6 Å². The van der Waals surface area contributed by atoms with Gasteiger partial charge in [0.15, 0.2) is 17.3 Å². The average Bonchev–Trinajstić information content (AvgIpc) is 2.92. The number of carbonyl (C=O) groups is 3. The number of carbonyl (C=O) groups excluding carboxylic acids is 3. The maximum absolute atomic E-state index is 14.1. The lowest BCUT2D eigenvalue weighted by Gasteiger charge is -2.18. The second-order valence-electron chi connectivity index (χ2n) is 7.65. The molecule has 1 aliphatic rings. The Hall–Kier alpha value is -3.69. The van der Waals surface area contributed by atoms with E-state index in [1.165, 1.54) is 31.5 Å². The number of ketones is 1. The summed E-state index contributed by atoms with van der Waals surface area (Å²) < 4.78 is 41.9. The maximum Gasteiger partial charge on any atom is 0.298 e. The van der Waals surface area contributed by atoms with Gasteiger partial charge in [-0.2, -0.15) is 0 Å². The van der Waals surface area contributed by atoms with Crippen LogP contribution >= 0.6 is 0 Å². The summed E-state index contributed by atoms with van der Waals surface area (Å²) in [5.74, 6) is -4.88. The molecule has 1 unspecified atom stereocenters. The van der Waals surface area contributed by atoms with Gasteiger partial charge in [-0.1, -0.05) is 0 Å². The Bertz CT molecular complexity index is 1200. The summed E-state index contributed by atoms with van der Waals surface area (Å²) in [4.78, 5) is 42.0. The van der Waals surface area contributed by atoms with E-state index in [1.54, 1.807) is 6.92 Å². The molecule has 168 valence electrons. The standard InChI is InChI=1S/C22H21F3N4O3/c1-11-17(20(31)28-14-8-22(3,25)10-26-9-14)12(2)29(4)18(11)19(30)21(32)27-13-5-6-15(23)16(24)7-13/h5-8,10H,9H2,1-4H3,(H,27,32)(H,28,31). The van der Waals surface area contributed by atoms with Gasteiger partial charge in [0, 0.05) is 36.4 Å². The summed E-state index contributed by atoms with van der Waals surface area (Å²) in [5, 5.41) is 4.82. The highest BCUT2D eigenvalue weighted by Gasteiger charge is 2.30. The van der Waals surface area contributed by atoms with Crippen LogP contribution in [-0.4, -0.2) is 40.6 Å². The van der Waals surface area contributed by atoms with E-state index in [9.17, 15) is 27.6 Å². The summed E-state index contributed by atoms with van der Waals surface area (Å²) in [5.41, 5.74) is -0.841. The van der Waals surface area contributed by atoms with E-state index in [0.29, 0.717) is 5.69 Å². The molecule has 0 bridgehead atoms. The number of hydrogen-bond acceptors (Lipinski definition) is 4. The van der Waals surface area contributed by atoms with Crippen LogP contribution in [-0.2, 0) is 11.8 Å². The number of halogens is 3. The van der Waals surface area contributed by atoms with Gasteiger partial charge in [-0.25, -0.2) is 13.2 Å². The van der Waals surface area contributed by atoms with E-state index in [2.05, 4.69) is 15.6 Å². The molecule has 32 heavy (non-hydrogen) atoms. The third-order valence-electron chi connectivity index (χ3n) is 5.09. The molecule has 0 radical (unpaired) electrons. The fraction of sp³-hybridized carbons (Fsp3) is 0.273. The molecule has 2 N–H and O–H groups in total. The quantitative estimate of drug-likeness (QED) is 0.546. The van der Waals surface area contributed by atoms with Crippen molar-refractivity contribution in [3.05, 3.63) is 64.1 Å². The third kappa shape index (κ3) is 4.48. The van der Waals surface area contributed by atoms with Gasteiger partial charge in [0.05, 0.1) is 17.8 Å². The van der Waals surface area contributed by atoms with E-state index in [0.717, 1.165) is 24.4 Å². The van der Waals surface area contributed by atoms with Gasteiger partial charge in [-0.15, -0.1) is 0 Å². The van der Waals surface area contributed by atoms with Crippen molar-refractivity contribution in [2.24, 2.45) is 12.0 Å². The Kier molecular flexibility index (Phi) is 6.07. The number of benzene rings is 1. The molecule has 3 rings (SSSR count). The molecule has 2 amide bonds. The fourth-order valence-corrected chi connectivity index (χ4v) is 3.53. The van der Waals surface area contributed by atoms with Crippen LogP contribution in [0.2, 0.25) is 0 Å². The van der Waals surface area contributed by atoms with E-state index in [1.807, 2.05) is 0 Å². The first-order valence-electron chi connectivity index (χ1n) is 9.61. The Morgan fingerprint density at radius 3 is 2.44 bits per heavy atom. The average molecular weight is 446 g/mol. The molecule has 10 heteroatoms. The van der Waals surface area contributed by atoms with Crippen LogP contribution in [0.5, 0.6) is 0 Å². The number of nitrogens with zero attached hydrogens (tertiary/aromatic N) is 2. The number of amides is 2. The zero-order chi connectivity index (χ0) is 23.8. The van der Waals surface area contributed by atoms with Gasteiger partial charge in [0.2, 0.25) is 0 Å². The van der Waals surface area contributed by atoms with E-state index >= 15 is 0 Å². The molecule has 2 aromatic rings. The molecule has 1 aliphatic heterocycles. The van der Waals surface area contributed by atoms with Gasteiger partial charge in [-0.05, 0) is 44.5 Å². The molecular weight excluding hydrogens is 425 g/mol. The topological polar surface area (TPSA) is 92.6 Å². The van der Waals surface area contributed by atoms with Crippen molar-refractivity contribution >= 4 is 29.5 Å². The smallest absolute Gasteiger partial charge is 0.298 e. The summed E-state index contributed by atoms with van der Waals surface area (Å²) >= 11 is 0. The van der Waals surface area contributed by atoms with Gasteiger partial charge in [0.25, 0.3) is 17.6 Å². The molecule has 1 aromatic carbocycles. The Balaban J connectivity index is 1.85. The minimum atomic E-state index is -1.79. The largest absolute Gasteiger partial charge is 0.344 e. The van der Waals surface area contributed by atoms with Crippen LogP contribution in [0.3, 0.4) is 0 Å². The molecule has 0 aliphatic carbocycles. The number of alkyl halides is 1. The molecular formula is C22H21F3N4O3. The molecule has 0 spiro atoms. The highest BCUT2D eigenvalue weighted by Crippen LogP contribution is 2.23. The lowest BCUT2D eigenvalue weighted by molar-refractivity contribution is -0.112. The van der Waals surface area contributed by atoms with Crippen molar-refractivity contribution in [3.63, 3.8) is 0 Å². The zero-order valence-corrected chi connectivity index (χ0v) is 17.8. The predicted molar refractivity (Wildman–Crippen MR) is 113 cm³/mol. The third-order valence-corrected chi connectivity index (χ3v) is 5.09. The summed E-state index contributed by atoms with van der Waals surface area (Å²) in [6.07, 6.45) is 2.39. The van der Waals surface area contributed by atoms with Crippen molar-refractivity contribution in [1.82, 2.24) is 9.88 Å². The van der Waals surface area contributed by atoms with Crippen LogP contribution in [0, 0.1) is 25.5 Å². The van der Waals surface area contributed by atoms with Gasteiger partial charge in [-0.3, -0.25) is 19.4 Å². The minimum absolute atomic E-state index is 0.0429. The first kappa shape index (κ1) is 23.0. The van der Waals surface area contributed by atoms with Crippen LogP contribution in [0.4, 0.5) is 18.9 Å². The summed E-state index contributed by atoms with van der Waals surface area (Å²) in [6.45, 7) is 4.49. The highest BCUT2D eigenvalue weighted by atomic mass is 19.2. The van der Waals surface area contributed by atoms with E-state index in [4.69, 9.17) is 0 Å². The first-order valence-corrected chi connectivity index (χ1v) is 9.61. The van der Waals surface area contributed by atoms with Crippen molar-refractivity contribution < 1.29 is 27.6 Å². The number of dihydropyridines is 1. The molecule has 1 aromatic heterocycles. The molecule has 0 saturated heterocycles. The Morgan fingerprint density at radius 1 is 1.12 bits per heavy atom. The maximum atomic E-state index is 14.1. The zero-order valence-electron chi connectivity index (χ0n) is 17.8. The van der Waals surface area contributed by atoms with E-state index < -0.39 is 34.9 Å². The SMILES string of the molecule is Cc1c(C(=O)NC2=CC(C)(F)C=NC2)c(C)n(C)c1C(=O)C(=O)Nc1ccc(F)c(F)c1. The van der Waals surface area contributed by atoms with Crippen LogP contribution in [0.15, 0.2) is 35.0 Å². The van der Waals surface area contributed by atoms with Gasteiger partial charge < -0.3 is 15.2 Å². The molecule has 2 heterocycles. The number of Topliss-reactive ketones (excluding diaryl/α,β-unsaturated/α-hetero) is 1. The number of aromatic nitrogens is 1. The molecule has 1 atom stereocenters. The summed E-state index contributed by atoms with van der Waals surface area (Å²) in [7, 11) is 1.51. The fourth-order valence-electron chi connectivity index (χ4n) is 3.53. The first-order chi connectivity index (χ1) is 14.9. The lowest BCUT2D eigenvalue weighted by atomic mass is 10.1. The van der Waals surface area contributed by atoms with Crippen molar-refractivity contribution in [2.45, 2.75) is 26.4 Å². The van der Waals surface area contributed by atoms with Crippen LogP contribution in [0.25, 0.3) is 0 Å². The monoisotopic (exact) mass is 446 g/mol.